The first-order valence-electron chi connectivity index (χ1n) is 5.91. The maximum atomic E-state index is 11.4. The summed E-state index contributed by atoms with van der Waals surface area (Å²) >= 11 is 0. The van der Waals surface area contributed by atoms with Gasteiger partial charge in [-0.3, -0.25) is 0 Å². The van der Waals surface area contributed by atoms with Gasteiger partial charge in [-0.05, 0) is 26.1 Å². The molecule has 2 N–H and O–H groups in total. The third-order valence-corrected chi connectivity index (χ3v) is 3.53. The van der Waals surface area contributed by atoms with Crippen LogP contribution in [-0.4, -0.2) is 35.2 Å². The number of ether oxygens (including phenoxy) is 1. The van der Waals surface area contributed by atoms with E-state index in [-0.39, 0.29) is 5.09 Å². The van der Waals surface area contributed by atoms with Crippen molar-refractivity contribution in [3.8, 4) is 0 Å². The second-order valence-electron chi connectivity index (χ2n) is 4.11. The van der Waals surface area contributed by atoms with E-state index < -0.39 is 10.0 Å². The molecule has 108 valence electrons. The highest BCUT2D eigenvalue weighted by Gasteiger charge is 2.15. The van der Waals surface area contributed by atoms with Gasteiger partial charge in [0.15, 0.2) is 0 Å². The molecule has 0 bridgehead atoms. The van der Waals surface area contributed by atoms with Crippen LogP contribution in [0.2, 0.25) is 0 Å². The molecular weight excluding hydrogens is 268 g/mol. The van der Waals surface area contributed by atoms with E-state index in [9.17, 15) is 8.42 Å². The summed E-state index contributed by atoms with van der Waals surface area (Å²) in [5, 5.41) is 3.02. The third kappa shape index (κ3) is 5.56. The smallest absolute Gasteiger partial charge is 0.273 e. The van der Waals surface area contributed by atoms with Crippen LogP contribution in [0.4, 0.5) is 0 Å². The molecule has 0 amide bonds. The van der Waals surface area contributed by atoms with E-state index in [4.69, 9.17) is 9.15 Å². The molecule has 0 saturated heterocycles. The van der Waals surface area contributed by atoms with E-state index >= 15 is 0 Å². The lowest BCUT2D eigenvalue weighted by Gasteiger charge is -2.04. The first-order valence-corrected chi connectivity index (χ1v) is 7.39. The van der Waals surface area contributed by atoms with Crippen molar-refractivity contribution in [3.05, 3.63) is 30.0 Å². The van der Waals surface area contributed by atoms with E-state index in [0.717, 1.165) is 5.57 Å². The number of furan rings is 1. The van der Waals surface area contributed by atoms with Crippen LogP contribution in [0.3, 0.4) is 0 Å². The lowest BCUT2D eigenvalue weighted by atomic mass is 10.4. The van der Waals surface area contributed by atoms with E-state index in [1.807, 2.05) is 6.92 Å². The molecule has 1 rings (SSSR count). The minimum atomic E-state index is -3.50. The minimum absolute atomic E-state index is 0.0784. The fraction of sp³-hybridized carbons (Fsp3) is 0.500. The predicted octanol–water partition coefficient (Wildman–Crippen LogP) is 0.870. The Labute approximate surface area is 113 Å². The maximum Gasteiger partial charge on any atom is 0.273 e. The molecule has 0 fully saturated rings. The lowest BCUT2D eigenvalue weighted by molar-refractivity contribution is 0.157. The summed E-state index contributed by atoms with van der Waals surface area (Å²) in [6.07, 6.45) is 0. The van der Waals surface area contributed by atoms with Crippen molar-refractivity contribution in [2.24, 2.45) is 0 Å². The van der Waals surface area contributed by atoms with E-state index in [2.05, 4.69) is 16.6 Å². The number of hydrogen-bond acceptors (Lipinski definition) is 5. The Bertz CT molecular complexity index is 508. The van der Waals surface area contributed by atoms with Crippen molar-refractivity contribution < 1.29 is 17.6 Å². The summed E-state index contributed by atoms with van der Waals surface area (Å²) in [4.78, 5) is 0. The topological polar surface area (TPSA) is 80.6 Å². The number of nitrogens with one attached hydrogen (secondary N) is 2. The molecule has 0 aliphatic heterocycles. The second-order valence-corrected chi connectivity index (χ2v) is 5.93. The zero-order valence-corrected chi connectivity index (χ0v) is 12.0. The molecule has 7 heteroatoms. The number of rotatable bonds is 9. The largest absolute Gasteiger partial charge is 0.447 e. The highest BCUT2D eigenvalue weighted by molar-refractivity contribution is 7.89. The van der Waals surface area contributed by atoms with Gasteiger partial charge >= 0.3 is 0 Å². The van der Waals surface area contributed by atoms with Crippen LogP contribution >= 0.6 is 0 Å². The normalized spacial score (nSPS) is 11.7. The highest BCUT2D eigenvalue weighted by atomic mass is 32.2. The Morgan fingerprint density at radius 1 is 1.47 bits per heavy atom. The number of sulfonamides is 1. The van der Waals surface area contributed by atoms with Crippen LogP contribution < -0.4 is 10.0 Å². The summed E-state index contributed by atoms with van der Waals surface area (Å²) < 4.78 is 35.6. The van der Waals surface area contributed by atoms with Crippen molar-refractivity contribution in [1.29, 1.82) is 0 Å². The van der Waals surface area contributed by atoms with E-state index in [0.29, 0.717) is 32.1 Å². The van der Waals surface area contributed by atoms with Crippen molar-refractivity contribution in [3.63, 3.8) is 0 Å². The lowest BCUT2D eigenvalue weighted by Crippen LogP contribution is -2.19. The van der Waals surface area contributed by atoms with E-state index in [1.54, 1.807) is 6.07 Å². The first kappa shape index (κ1) is 15.9. The van der Waals surface area contributed by atoms with Crippen LogP contribution in [0.1, 0.15) is 12.7 Å². The van der Waals surface area contributed by atoms with Gasteiger partial charge in [-0.15, -0.1) is 0 Å². The molecule has 0 saturated carbocycles. The summed E-state index contributed by atoms with van der Waals surface area (Å²) in [6.45, 7) is 7.86. The summed E-state index contributed by atoms with van der Waals surface area (Å²) in [6, 6.07) is 3.06. The van der Waals surface area contributed by atoms with Gasteiger partial charge in [0, 0.05) is 6.54 Å². The Morgan fingerprint density at radius 2 is 2.21 bits per heavy atom. The van der Waals surface area contributed by atoms with Crippen molar-refractivity contribution in [2.75, 3.05) is 26.8 Å². The monoisotopic (exact) mass is 288 g/mol. The Kier molecular flexibility index (Phi) is 6.23. The average Bonchev–Trinajstić information content (AvgIpc) is 2.82. The fourth-order valence-corrected chi connectivity index (χ4v) is 1.97. The molecule has 0 atom stereocenters. The van der Waals surface area contributed by atoms with Crippen LogP contribution in [-0.2, 0) is 21.3 Å². The predicted molar refractivity (Wildman–Crippen MR) is 72.3 cm³/mol. The number of hydrogen-bond donors (Lipinski definition) is 2. The van der Waals surface area contributed by atoms with Gasteiger partial charge in [-0.2, -0.15) is 0 Å². The summed E-state index contributed by atoms with van der Waals surface area (Å²) in [7, 11) is -2.16. The van der Waals surface area contributed by atoms with Gasteiger partial charge in [-0.1, -0.05) is 12.2 Å². The molecule has 0 aromatic carbocycles. The molecule has 1 aromatic heterocycles. The molecular formula is C12H20N2O4S. The molecule has 6 nitrogen and oxygen atoms in total. The molecule has 0 spiro atoms. The summed E-state index contributed by atoms with van der Waals surface area (Å²) in [5.74, 6) is 0.564. The fourth-order valence-electron chi connectivity index (χ4n) is 1.30. The van der Waals surface area contributed by atoms with Crippen LogP contribution in [0.25, 0.3) is 0 Å². The third-order valence-electron chi connectivity index (χ3n) is 2.24. The zero-order valence-electron chi connectivity index (χ0n) is 11.2. The molecule has 0 aliphatic carbocycles. The van der Waals surface area contributed by atoms with Crippen molar-refractivity contribution in [2.45, 2.75) is 18.6 Å². The minimum Gasteiger partial charge on any atom is -0.447 e. The quantitative estimate of drug-likeness (QED) is 0.520. The molecule has 19 heavy (non-hydrogen) atoms. The van der Waals surface area contributed by atoms with E-state index in [1.165, 1.54) is 13.1 Å². The molecule has 0 unspecified atom stereocenters. The zero-order chi connectivity index (χ0) is 14.3. The van der Waals surface area contributed by atoms with Gasteiger partial charge in [0.2, 0.25) is 5.09 Å². The van der Waals surface area contributed by atoms with Crippen LogP contribution in [0, 0.1) is 0 Å². The van der Waals surface area contributed by atoms with Gasteiger partial charge in [0.1, 0.15) is 5.76 Å². The second kappa shape index (κ2) is 7.44. The Hall–Kier alpha value is -1.15. The first-order chi connectivity index (χ1) is 8.95. The standard InChI is InChI=1S/C12H20N2O4S/c1-10(2)9-17-7-6-14-8-11-4-5-12(18-11)19(15,16)13-3/h4-5,13-14H,1,6-9H2,2-3H3. The van der Waals surface area contributed by atoms with Gasteiger partial charge in [0.25, 0.3) is 10.0 Å². The van der Waals surface area contributed by atoms with Crippen molar-refractivity contribution in [1.82, 2.24) is 10.0 Å². The maximum absolute atomic E-state index is 11.4. The average molecular weight is 288 g/mol. The molecule has 0 radical (unpaired) electrons. The SMILES string of the molecule is C=C(C)COCCNCc1ccc(S(=O)(=O)NC)o1. The molecule has 0 aliphatic rings. The summed E-state index contributed by atoms with van der Waals surface area (Å²) in [5.41, 5.74) is 0.980. The van der Waals surface area contributed by atoms with Gasteiger partial charge < -0.3 is 14.5 Å². The Balaban J connectivity index is 2.29. The van der Waals surface area contributed by atoms with Crippen LogP contribution in [0.15, 0.2) is 33.8 Å². The Morgan fingerprint density at radius 3 is 2.84 bits per heavy atom. The van der Waals surface area contributed by atoms with Crippen LogP contribution in [0.5, 0.6) is 0 Å². The van der Waals surface area contributed by atoms with Crippen molar-refractivity contribution >= 4 is 10.0 Å². The highest BCUT2D eigenvalue weighted by Crippen LogP contribution is 2.12. The van der Waals surface area contributed by atoms with Gasteiger partial charge in [0.05, 0.1) is 19.8 Å². The molecule has 1 aromatic rings. The molecule has 1 heterocycles. The van der Waals surface area contributed by atoms with Gasteiger partial charge in [-0.25, -0.2) is 13.1 Å².